The molecule has 0 aromatic carbocycles. The van der Waals surface area contributed by atoms with Gasteiger partial charge in [0.15, 0.2) is 25.2 Å². The third-order valence-electron chi connectivity index (χ3n) is 9.79. The number of hydrogen-bond acceptors (Lipinski definition) is 14. The van der Waals surface area contributed by atoms with E-state index in [1.807, 2.05) is 27.7 Å². The Labute approximate surface area is 274 Å². The van der Waals surface area contributed by atoms with E-state index in [1.54, 1.807) is 0 Å². The van der Waals surface area contributed by atoms with Crippen molar-refractivity contribution < 1.29 is 47.4 Å². The Hall–Kier alpha value is -0.560. The van der Waals surface area contributed by atoms with Crippen LogP contribution in [0.3, 0.4) is 0 Å². The van der Waals surface area contributed by atoms with Crippen LogP contribution in [0.25, 0.3) is 0 Å². The first kappa shape index (κ1) is 36.7. The van der Waals surface area contributed by atoms with Gasteiger partial charge in [-0.2, -0.15) is 0 Å². The van der Waals surface area contributed by atoms with Crippen molar-refractivity contribution >= 4 is 0 Å². The number of ether oxygens (including phenoxy) is 10. The van der Waals surface area contributed by atoms with Crippen molar-refractivity contribution in [2.45, 2.75) is 177 Å². The Morgan fingerprint density at radius 2 is 0.630 bits per heavy atom. The number of rotatable bonds is 0. The van der Waals surface area contributed by atoms with Gasteiger partial charge in [0.25, 0.3) is 0 Å². The predicted octanol–water partition coefficient (Wildman–Crippen LogP) is 0.983. The number of nitrogens with two attached hydrogens (primary N) is 4. The molecule has 14 heteroatoms. The molecule has 0 aromatic heterocycles. The zero-order valence-electron chi connectivity index (χ0n) is 28.1. The number of hydrogen-bond donors (Lipinski definition) is 4. The van der Waals surface area contributed by atoms with E-state index in [9.17, 15) is 0 Å². The molecule has 46 heavy (non-hydrogen) atoms. The average Bonchev–Trinajstić information content (AvgIpc) is 2.98. The van der Waals surface area contributed by atoms with Gasteiger partial charge in [0, 0.05) is 76.3 Å². The Morgan fingerprint density at radius 1 is 0.348 bits per heavy atom. The van der Waals surface area contributed by atoms with Gasteiger partial charge < -0.3 is 70.3 Å². The molecule has 16 atom stereocenters. The smallest absolute Gasteiger partial charge is 0.160 e. The first-order valence-electron chi connectivity index (χ1n) is 17.5. The second-order valence-corrected chi connectivity index (χ2v) is 13.7. The Kier molecular flexibility index (Phi) is 13.9. The van der Waals surface area contributed by atoms with Crippen LogP contribution in [0.2, 0.25) is 0 Å². The average molecular weight is 661 g/mol. The highest BCUT2D eigenvalue weighted by Gasteiger charge is 2.43. The third kappa shape index (κ3) is 9.78. The van der Waals surface area contributed by atoms with Crippen LogP contribution in [0.4, 0.5) is 0 Å². The molecule has 0 amide bonds. The summed E-state index contributed by atoms with van der Waals surface area (Å²) in [6.07, 6.45) is 1.47. The van der Waals surface area contributed by atoms with E-state index in [0.717, 1.165) is 25.7 Å². The minimum atomic E-state index is -0.483. The molecule has 14 aliphatic rings. The van der Waals surface area contributed by atoms with E-state index in [2.05, 4.69) is 0 Å². The van der Waals surface area contributed by atoms with E-state index in [4.69, 9.17) is 70.3 Å². The molecule has 0 spiro atoms. The monoisotopic (exact) mass is 660 g/mol. The van der Waals surface area contributed by atoms with Gasteiger partial charge in [-0.3, -0.25) is 0 Å². The molecule has 8 N–H and O–H groups in total. The van der Waals surface area contributed by atoms with Crippen LogP contribution in [0.5, 0.6) is 0 Å². The van der Waals surface area contributed by atoms with E-state index in [0.29, 0.717) is 52.1 Å². The molecule has 0 saturated carbocycles. The van der Waals surface area contributed by atoms with Crippen LogP contribution in [0.1, 0.15) is 79.1 Å². The largest absolute Gasteiger partial charge is 0.374 e. The molecule has 268 valence electrons. The molecular formula is C32H60N4O10. The predicted molar refractivity (Wildman–Crippen MR) is 167 cm³/mol. The second kappa shape index (κ2) is 17.4. The summed E-state index contributed by atoms with van der Waals surface area (Å²) in [6, 6.07) is -0.973. The van der Waals surface area contributed by atoms with Crippen molar-refractivity contribution in [3.63, 3.8) is 0 Å². The molecule has 14 saturated heterocycles. The van der Waals surface area contributed by atoms with Crippen molar-refractivity contribution in [3.8, 4) is 0 Å². The maximum absolute atomic E-state index is 6.54. The highest BCUT2D eigenvalue weighted by Crippen LogP contribution is 2.30. The second-order valence-electron chi connectivity index (χ2n) is 13.7. The maximum Gasteiger partial charge on any atom is 0.160 e. The molecule has 0 aromatic rings. The fourth-order valence-corrected chi connectivity index (χ4v) is 7.27. The van der Waals surface area contributed by atoms with Gasteiger partial charge >= 0.3 is 0 Å². The fraction of sp³-hybridized carbons (Fsp3) is 1.00. The fourth-order valence-electron chi connectivity index (χ4n) is 7.27. The summed E-state index contributed by atoms with van der Waals surface area (Å²) >= 11 is 0. The van der Waals surface area contributed by atoms with Crippen LogP contribution in [0.15, 0.2) is 0 Å². The molecule has 8 bridgehead atoms. The Morgan fingerprint density at radius 3 is 0.978 bits per heavy atom. The van der Waals surface area contributed by atoms with Gasteiger partial charge in [0.05, 0.1) is 36.6 Å². The Bertz CT molecular complexity index is 793. The molecule has 0 aliphatic carbocycles. The van der Waals surface area contributed by atoms with Gasteiger partial charge in [0.1, 0.15) is 12.2 Å². The van der Waals surface area contributed by atoms with Crippen molar-refractivity contribution in [1.29, 1.82) is 0 Å². The maximum atomic E-state index is 6.54. The van der Waals surface area contributed by atoms with Crippen molar-refractivity contribution in [1.82, 2.24) is 0 Å². The standard InChI is InChI=1S/C32H60N4O10/c1-17-29-21(33)15-27(43-17)45-31-19(3)41-25(13-23(31)35)37-9-5-6-10-38-26-14-24(36)32(20(4)42-26)46-28-16-22(34)30(18(2)44-28)40-12-8-7-11-39-29/h17-32H,5-16,33-36H2,1-4H3/t17-,18-,19-,20-,21-,22-,23+,24+,25+,26+,27-,28-,29-,30-,31-,32-/m0/s1. The molecule has 0 unspecified atom stereocenters. The lowest BCUT2D eigenvalue weighted by molar-refractivity contribution is -0.291. The lowest BCUT2D eigenvalue weighted by Crippen LogP contribution is -2.58. The van der Waals surface area contributed by atoms with Crippen LogP contribution >= 0.6 is 0 Å². The first-order chi connectivity index (χ1) is 22.1. The molecule has 0 radical (unpaired) electrons. The third-order valence-corrected chi connectivity index (χ3v) is 9.79. The van der Waals surface area contributed by atoms with E-state index in [-0.39, 0.29) is 73.0 Å². The summed E-state index contributed by atoms with van der Waals surface area (Å²) < 4.78 is 61.7. The summed E-state index contributed by atoms with van der Waals surface area (Å²) in [6.45, 7) is 10.0. The zero-order valence-corrected chi connectivity index (χ0v) is 28.1. The van der Waals surface area contributed by atoms with E-state index < -0.39 is 25.2 Å². The lowest BCUT2D eigenvalue weighted by atomic mass is 9.98. The van der Waals surface area contributed by atoms with Crippen LogP contribution < -0.4 is 22.9 Å². The molecular weight excluding hydrogens is 600 g/mol. The highest BCUT2D eigenvalue weighted by atomic mass is 16.7. The van der Waals surface area contributed by atoms with Crippen molar-refractivity contribution in [2.24, 2.45) is 22.9 Å². The van der Waals surface area contributed by atoms with Crippen molar-refractivity contribution in [2.75, 3.05) is 26.4 Å². The summed E-state index contributed by atoms with van der Waals surface area (Å²) in [5, 5.41) is 0. The van der Waals surface area contributed by atoms with Gasteiger partial charge in [-0.05, 0) is 53.4 Å². The summed E-state index contributed by atoms with van der Waals surface area (Å²) in [5.74, 6) is 0. The van der Waals surface area contributed by atoms with Gasteiger partial charge in [-0.1, -0.05) is 0 Å². The summed E-state index contributed by atoms with van der Waals surface area (Å²) in [5.41, 5.74) is 26.2. The molecule has 14 fully saturated rings. The SMILES string of the molecule is C[C@@H]1O[C@@H]2C[C@@H](N)[C@H]1O[C@H]1C[C@H](N)[C@@H](OCCCCO[C@H]3[C@H](C)O[C@H](C[C@@H]3N)O[C@@H]3[C@H](N)C[C@H](OCCCCO2)O[C@H]3C)[C@H](C)O1. The summed E-state index contributed by atoms with van der Waals surface area (Å²) in [7, 11) is 0. The minimum Gasteiger partial charge on any atom is -0.374 e. The lowest BCUT2D eigenvalue weighted by Gasteiger charge is -2.44. The van der Waals surface area contributed by atoms with Crippen molar-refractivity contribution in [3.05, 3.63) is 0 Å². The van der Waals surface area contributed by atoms with E-state index in [1.165, 1.54) is 0 Å². The zero-order chi connectivity index (χ0) is 32.8. The first-order valence-corrected chi connectivity index (χ1v) is 17.5. The molecule has 14 rings (SSSR count). The topological polar surface area (TPSA) is 196 Å². The van der Waals surface area contributed by atoms with E-state index >= 15 is 0 Å². The van der Waals surface area contributed by atoms with Gasteiger partial charge in [-0.25, -0.2) is 0 Å². The van der Waals surface area contributed by atoms with Gasteiger partial charge in [-0.15, -0.1) is 0 Å². The molecule has 14 nitrogen and oxygen atoms in total. The molecule has 14 aliphatic heterocycles. The normalized spacial score (nSPS) is 49.6. The van der Waals surface area contributed by atoms with Gasteiger partial charge in [0.2, 0.25) is 0 Å². The van der Waals surface area contributed by atoms with Crippen LogP contribution in [-0.2, 0) is 47.4 Å². The quantitative estimate of drug-likeness (QED) is 0.287. The highest BCUT2D eigenvalue weighted by molar-refractivity contribution is 4.91. The minimum absolute atomic E-state index is 0.228. The van der Waals surface area contributed by atoms with Crippen LogP contribution in [-0.4, -0.2) is 125 Å². The van der Waals surface area contributed by atoms with Crippen LogP contribution in [0, 0.1) is 0 Å². The molecule has 14 heterocycles. The summed E-state index contributed by atoms with van der Waals surface area (Å²) in [4.78, 5) is 0. The Balaban J connectivity index is 1.16.